The van der Waals surface area contributed by atoms with Gasteiger partial charge in [0.2, 0.25) is 5.89 Å². The van der Waals surface area contributed by atoms with E-state index in [1.54, 1.807) is 18.3 Å². The number of carbonyl (C=O) groups excluding carboxylic acids is 2. The number of carbonyl (C=O) groups is 2. The smallest absolute Gasteiger partial charge is 0.325 e. The lowest BCUT2D eigenvalue weighted by Gasteiger charge is -2.07. The van der Waals surface area contributed by atoms with Gasteiger partial charge < -0.3 is 14.5 Å². The van der Waals surface area contributed by atoms with Crippen LogP contribution in [-0.2, 0) is 16.1 Å². The minimum absolute atomic E-state index is 0.0922. The van der Waals surface area contributed by atoms with Crippen molar-refractivity contribution in [3.8, 4) is 11.3 Å². The molecule has 6 heteroatoms. The summed E-state index contributed by atoms with van der Waals surface area (Å²) < 4.78 is 10.7. The van der Waals surface area contributed by atoms with Crippen LogP contribution in [0.4, 0.5) is 0 Å². The quantitative estimate of drug-likeness (QED) is 0.678. The van der Waals surface area contributed by atoms with Crippen molar-refractivity contribution in [3.63, 3.8) is 0 Å². The summed E-state index contributed by atoms with van der Waals surface area (Å²) in [4.78, 5) is 28.1. The number of nitrogens with zero attached hydrogens (tertiary/aromatic N) is 1. The molecular weight excluding hydrogens is 344 g/mol. The highest BCUT2D eigenvalue weighted by Gasteiger charge is 2.12. The molecule has 0 spiro atoms. The van der Waals surface area contributed by atoms with Crippen LogP contribution >= 0.6 is 0 Å². The first kappa shape index (κ1) is 18.4. The molecule has 0 aliphatic rings. The Labute approximate surface area is 157 Å². The van der Waals surface area contributed by atoms with Crippen LogP contribution in [0.2, 0.25) is 0 Å². The van der Waals surface area contributed by atoms with E-state index < -0.39 is 5.97 Å². The second-order valence-corrected chi connectivity index (χ2v) is 6.20. The van der Waals surface area contributed by atoms with E-state index >= 15 is 0 Å². The van der Waals surface area contributed by atoms with Crippen LogP contribution < -0.4 is 5.32 Å². The van der Waals surface area contributed by atoms with Crippen LogP contribution in [0.15, 0.2) is 59.1 Å². The van der Waals surface area contributed by atoms with E-state index in [2.05, 4.69) is 10.3 Å². The zero-order chi connectivity index (χ0) is 19.2. The number of hydrogen-bond acceptors (Lipinski definition) is 5. The summed E-state index contributed by atoms with van der Waals surface area (Å²) in [5, 5.41) is 2.56. The van der Waals surface area contributed by atoms with Gasteiger partial charge in [0.05, 0.1) is 6.20 Å². The number of benzene rings is 2. The molecule has 0 aliphatic carbocycles. The van der Waals surface area contributed by atoms with Gasteiger partial charge in [-0.05, 0) is 26.0 Å². The predicted molar refractivity (Wildman–Crippen MR) is 100.0 cm³/mol. The molecule has 138 valence electrons. The number of oxazole rings is 1. The van der Waals surface area contributed by atoms with Crippen molar-refractivity contribution in [1.29, 1.82) is 0 Å². The van der Waals surface area contributed by atoms with Crippen molar-refractivity contribution in [1.82, 2.24) is 10.3 Å². The number of hydrogen-bond donors (Lipinski definition) is 1. The molecule has 1 amide bonds. The molecule has 0 aliphatic heterocycles. The van der Waals surface area contributed by atoms with Crippen LogP contribution in [0.3, 0.4) is 0 Å². The molecule has 0 saturated heterocycles. The van der Waals surface area contributed by atoms with Gasteiger partial charge in [0.1, 0.15) is 6.54 Å². The fourth-order valence-electron chi connectivity index (χ4n) is 2.67. The fraction of sp³-hybridized carbons (Fsp3) is 0.190. The number of aromatic nitrogens is 1. The summed E-state index contributed by atoms with van der Waals surface area (Å²) in [7, 11) is 0. The zero-order valence-corrected chi connectivity index (χ0v) is 15.2. The normalized spacial score (nSPS) is 10.4. The van der Waals surface area contributed by atoms with Crippen LogP contribution in [0.1, 0.15) is 27.4 Å². The third kappa shape index (κ3) is 5.04. The van der Waals surface area contributed by atoms with E-state index in [0.29, 0.717) is 17.2 Å². The highest BCUT2D eigenvalue weighted by atomic mass is 16.5. The average Bonchev–Trinajstić information content (AvgIpc) is 3.13. The maximum absolute atomic E-state index is 12.1. The highest BCUT2D eigenvalue weighted by molar-refractivity contribution is 5.96. The Morgan fingerprint density at radius 1 is 1.07 bits per heavy atom. The van der Waals surface area contributed by atoms with E-state index in [0.717, 1.165) is 16.7 Å². The number of amides is 1. The molecule has 27 heavy (non-hydrogen) atoms. The standard InChI is InChI=1S/C21H20N2O4/c1-14-8-15(2)10-17(9-14)21(25)23-12-20(24)26-13-19-22-11-18(27-19)16-6-4-3-5-7-16/h3-11H,12-13H2,1-2H3,(H,23,25). The van der Waals surface area contributed by atoms with Gasteiger partial charge in [-0.1, -0.05) is 47.5 Å². The maximum atomic E-state index is 12.1. The molecule has 1 aromatic heterocycles. The topological polar surface area (TPSA) is 81.4 Å². The molecule has 2 aromatic carbocycles. The molecular formula is C21H20N2O4. The van der Waals surface area contributed by atoms with E-state index in [4.69, 9.17) is 9.15 Å². The van der Waals surface area contributed by atoms with Gasteiger partial charge >= 0.3 is 5.97 Å². The van der Waals surface area contributed by atoms with E-state index in [-0.39, 0.29) is 19.1 Å². The molecule has 0 bridgehead atoms. The zero-order valence-electron chi connectivity index (χ0n) is 15.2. The summed E-state index contributed by atoms with van der Waals surface area (Å²) in [5.41, 5.74) is 3.38. The molecule has 6 nitrogen and oxygen atoms in total. The number of rotatable bonds is 6. The van der Waals surface area contributed by atoms with E-state index in [9.17, 15) is 9.59 Å². The second kappa shape index (κ2) is 8.31. The average molecular weight is 364 g/mol. The maximum Gasteiger partial charge on any atom is 0.325 e. The third-order valence-electron chi connectivity index (χ3n) is 3.85. The molecule has 0 saturated carbocycles. The van der Waals surface area contributed by atoms with Crippen molar-refractivity contribution in [2.75, 3.05) is 6.54 Å². The minimum Gasteiger partial charge on any atom is -0.454 e. The van der Waals surface area contributed by atoms with E-state index in [1.165, 1.54) is 0 Å². The van der Waals surface area contributed by atoms with Crippen molar-refractivity contribution in [2.45, 2.75) is 20.5 Å². The van der Waals surface area contributed by atoms with Gasteiger partial charge in [0.25, 0.3) is 5.91 Å². The van der Waals surface area contributed by atoms with Gasteiger partial charge in [0, 0.05) is 11.1 Å². The monoisotopic (exact) mass is 364 g/mol. The number of aryl methyl sites for hydroxylation is 2. The summed E-state index contributed by atoms with van der Waals surface area (Å²) in [6, 6.07) is 15.0. The largest absolute Gasteiger partial charge is 0.454 e. The summed E-state index contributed by atoms with van der Waals surface area (Å²) in [6.07, 6.45) is 1.58. The number of esters is 1. The molecule has 0 radical (unpaired) electrons. The van der Waals surface area contributed by atoms with Crippen LogP contribution in [0.5, 0.6) is 0 Å². The summed E-state index contributed by atoms with van der Waals surface area (Å²) in [6.45, 7) is 3.51. The van der Waals surface area contributed by atoms with Crippen molar-refractivity contribution < 1.29 is 18.7 Å². The van der Waals surface area contributed by atoms with E-state index in [1.807, 2.05) is 50.2 Å². The van der Waals surface area contributed by atoms with Crippen molar-refractivity contribution in [2.24, 2.45) is 0 Å². The highest BCUT2D eigenvalue weighted by Crippen LogP contribution is 2.19. The Morgan fingerprint density at radius 2 is 1.78 bits per heavy atom. The molecule has 0 unspecified atom stereocenters. The lowest BCUT2D eigenvalue weighted by molar-refractivity contribution is -0.144. The summed E-state index contributed by atoms with van der Waals surface area (Å²) >= 11 is 0. The summed E-state index contributed by atoms with van der Waals surface area (Å²) in [5.74, 6) is 0.0148. The lowest BCUT2D eigenvalue weighted by Crippen LogP contribution is -2.30. The molecule has 0 fully saturated rings. The Bertz CT molecular complexity index is 928. The SMILES string of the molecule is Cc1cc(C)cc(C(=O)NCC(=O)OCc2ncc(-c3ccccc3)o2)c1. The first-order chi connectivity index (χ1) is 13.0. The molecule has 3 aromatic rings. The second-order valence-electron chi connectivity index (χ2n) is 6.20. The van der Waals surface area contributed by atoms with Gasteiger partial charge in [-0.2, -0.15) is 0 Å². The molecule has 3 rings (SSSR count). The number of ether oxygens (including phenoxy) is 1. The van der Waals surface area contributed by atoms with Crippen LogP contribution in [0, 0.1) is 13.8 Å². The van der Waals surface area contributed by atoms with Crippen LogP contribution in [0.25, 0.3) is 11.3 Å². The van der Waals surface area contributed by atoms with Gasteiger partial charge in [-0.15, -0.1) is 0 Å². The van der Waals surface area contributed by atoms with Crippen molar-refractivity contribution >= 4 is 11.9 Å². The molecule has 0 atom stereocenters. The first-order valence-corrected chi connectivity index (χ1v) is 8.53. The molecule has 1 heterocycles. The Balaban J connectivity index is 1.49. The Kier molecular flexibility index (Phi) is 5.66. The van der Waals surface area contributed by atoms with Crippen LogP contribution in [-0.4, -0.2) is 23.4 Å². The minimum atomic E-state index is -0.563. The number of nitrogens with one attached hydrogen (secondary N) is 1. The van der Waals surface area contributed by atoms with Gasteiger partial charge in [-0.3, -0.25) is 9.59 Å². The van der Waals surface area contributed by atoms with Crippen molar-refractivity contribution in [3.05, 3.63) is 77.3 Å². The Morgan fingerprint density at radius 3 is 2.48 bits per heavy atom. The Hall–Kier alpha value is -3.41. The predicted octanol–water partition coefficient (Wildman–Crippen LogP) is 3.43. The third-order valence-corrected chi connectivity index (χ3v) is 3.85. The lowest BCUT2D eigenvalue weighted by atomic mass is 10.1. The fourth-order valence-corrected chi connectivity index (χ4v) is 2.67. The van der Waals surface area contributed by atoms with Gasteiger partial charge in [-0.25, -0.2) is 4.98 Å². The van der Waals surface area contributed by atoms with Gasteiger partial charge in [0.15, 0.2) is 12.4 Å². The first-order valence-electron chi connectivity index (χ1n) is 8.53. The molecule has 1 N–H and O–H groups in total.